The highest BCUT2D eigenvalue weighted by molar-refractivity contribution is 8.14. The van der Waals surface area contributed by atoms with E-state index >= 15 is 0 Å². The van der Waals surface area contributed by atoms with Crippen LogP contribution in [0.5, 0.6) is 0 Å². The Hall–Kier alpha value is -2.44. The highest BCUT2D eigenvalue weighted by Gasteiger charge is 2.37. The Kier molecular flexibility index (Phi) is 51.5. The third kappa shape index (κ3) is 44.4. The molecule has 76 heavy (non-hydrogen) atoms. The van der Waals surface area contributed by atoms with E-state index in [9.17, 15) is 50.4 Å². The number of hydrogen-bond donors (Lipinski definition) is 8. The first-order chi connectivity index (χ1) is 36.8. The van der Waals surface area contributed by atoms with Crippen LogP contribution in [0.15, 0.2) is 97.2 Å². The molecule has 0 aromatic carbocycles. The van der Waals surface area contributed by atoms with Gasteiger partial charge >= 0.3 is 0 Å². The van der Waals surface area contributed by atoms with E-state index in [2.05, 4.69) is 76.3 Å². The van der Waals surface area contributed by atoms with Gasteiger partial charge in [0.05, 0.1) is 24.4 Å². The van der Waals surface area contributed by atoms with Gasteiger partial charge in [-0.3, -0.25) is 19.4 Å². The molecular formula is C62H108N2O10S2. The van der Waals surface area contributed by atoms with Crippen molar-refractivity contribution < 1.29 is 50.4 Å². The molecule has 0 spiro atoms. The van der Waals surface area contributed by atoms with Crippen LogP contribution in [0.2, 0.25) is 0 Å². The molecule has 8 N–H and O–H groups in total. The minimum absolute atomic E-state index is 0.131. The number of hydrogen-bond acceptors (Lipinski definition) is 14. The molecule has 438 valence electrons. The quantitative estimate of drug-likeness (QED) is 0.0211. The molecule has 0 saturated carbocycles. The summed E-state index contributed by atoms with van der Waals surface area (Å²) in [7, 11) is 0. The Bertz CT molecular complexity index is 1420. The molecule has 0 aliphatic rings. The molecule has 0 heterocycles. The number of unbranched alkanes of at least 4 members (excludes halogenated alkanes) is 12. The maximum absolute atomic E-state index is 13.1. The van der Waals surface area contributed by atoms with Crippen LogP contribution < -0.4 is 0 Å². The minimum atomic E-state index is -2.16. The molecule has 14 heteroatoms. The second-order valence-electron chi connectivity index (χ2n) is 20.0. The Morgan fingerprint density at radius 2 is 0.592 bits per heavy atom. The SMILES string of the molecule is CCCCC/C=C\C/C=C\CC(O)CN(CCSC(=O)[C@@H](O)[C@@H](O)[C@H](O)[C@@H](O)C(=O)SCCN(CC(O)C/C=C\C/C=C\CCCCC)CC(O)C/C=C\C/C=C\CCCCC)CC(O)C/C=C\C/C=C\CCCCC. The predicted octanol–water partition coefficient (Wildman–Crippen LogP) is 10.9. The fourth-order valence-electron chi connectivity index (χ4n) is 8.00. The van der Waals surface area contributed by atoms with E-state index < -0.39 is 59.1 Å². The summed E-state index contributed by atoms with van der Waals surface area (Å²) in [5.74, 6) is 0.263. The summed E-state index contributed by atoms with van der Waals surface area (Å²) in [6, 6.07) is 0. The van der Waals surface area contributed by atoms with Crippen LogP contribution in [0.3, 0.4) is 0 Å². The normalized spacial score (nSPS) is 16.1. The van der Waals surface area contributed by atoms with Crippen molar-refractivity contribution in [2.45, 2.75) is 231 Å². The van der Waals surface area contributed by atoms with E-state index in [1.165, 1.54) is 77.0 Å². The lowest BCUT2D eigenvalue weighted by Crippen LogP contribution is -2.49. The monoisotopic (exact) mass is 1100 g/mol. The molecule has 0 bridgehead atoms. The molecule has 0 fully saturated rings. The van der Waals surface area contributed by atoms with Crippen LogP contribution in [0.25, 0.3) is 0 Å². The lowest BCUT2D eigenvalue weighted by atomic mass is 10.0. The number of rotatable bonds is 51. The molecule has 12 nitrogen and oxygen atoms in total. The largest absolute Gasteiger partial charge is 0.391 e. The van der Waals surface area contributed by atoms with Crippen LogP contribution >= 0.6 is 23.5 Å². The molecule has 0 aliphatic heterocycles. The van der Waals surface area contributed by atoms with Gasteiger partial charge in [0.15, 0.2) is 12.2 Å². The van der Waals surface area contributed by atoms with Gasteiger partial charge in [-0.25, -0.2) is 0 Å². The van der Waals surface area contributed by atoms with E-state index in [0.717, 1.165) is 51.4 Å². The first-order valence-electron chi connectivity index (χ1n) is 29.2. The topological polar surface area (TPSA) is 202 Å². The minimum Gasteiger partial charge on any atom is -0.391 e. The zero-order valence-electron chi connectivity index (χ0n) is 47.6. The molecule has 0 amide bonds. The van der Waals surface area contributed by atoms with Crippen molar-refractivity contribution in [3.63, 3.8) is 0 Å². The molecule has 0 saturated heterocycles. The Morgan fingerprint density at radius 1 is 0.355 bits per heavy atom. The van der Waals surface area contributed by atoms with E-state index in [1.54, 1.807) is 0 Å². The van der Waals surface area contributed by atoms with E-state index in [1.807, 2.05) is 58.4 Å². The standard InChI is InChI=1S/C62H108N2O10S2/c1-5-9-13-17-21-25-29-33-37-41-53(65)49-63(50-54(66)42-38-34-30-26-22-18-14-10-6-2)45-47-75-61(73)59(71)57(69)58(70)60(72)62(74)76-48-46-64(51-55(67)43-39-35-31-27-23-19-15-11-7-3)52-56(68)44-40-36-32-28-24-20-16-12-8-4/h21-28,33-40,53-60,65-72H,5-20,29-32,41-52H2,1-4H3/b25-21-,26-22-,27-23-,28-24-,37-33-,38-34-,39-35-,40-36-/t53?,54?,55?,56?,57-,58-,59-,60+/m0/s1. The molecular weight excluding hydrogens is 997 g/mol. The number of aliphatic hydroxyl groups is 8. The molecule has 4 unspecified atom stereocenters. The lowest BCUT2D eigenvalue weighted by molar-refractivity contribution is -0.144. The van der Waals surface area contributed by atoms with Gasteiger partial charge in [0, 0.05) is 50.8 Å². The van der Waals surface area contributed by atoms with Gasteiger partial charge in [-0.2, -0.15) is 0 Å². The van der Waals surface area contributed by atoms with E-state index in [-0.39, 0.29) is 50.8 Å². The smallest absolute Gasteiger partial charge is 0.220 e. The van der Waals surface area contributed by atoms with Gasteiger partial charge in [0.1, 0.15) is 12.2 Å². The second-order valence-corrected chi connectivity index (χ2v) is 22.2. The number of carbonyl (C=O) groups is 2. The number of nitrogens with zero attached hydrogens (tertiary/aromatic N) is 2. The van der Waals surface area contributed by atoms with Crippen molar-refractivity contribution in [1.29, 1.82) is 0 Å². The first-order valence-corrected chi connectivity index (χ1v) is 31.2. The predicted molar refractivity (Wildman–Crippen MR) is 322 cm³/mol. The number of allylic oxidation sites excluding steroid dienone is 12. The lowest BCUT2D eigenvalue weighted by Gasteiger charge is -2.28. The highest BCUT2D eigenvalue weighted by atomic mass is 32.2. The van der Waals surface area contributed by atoms with Crippen LogP contribution in [0, 0.1) is 0 Å². The highest BCUT2D eigenvalue weighted by Crippen LogP contribution is 2.18. The van der Waals surface area contributed by atoms with Crippen LogP contribution in [-0.4, -0.2) is 160 Å². The number of thioether (sulfide) groups is 2. The summed E-state index contributed by atoms with van der Waals surface area (Å²) in [6.45, 7) is 10.2. The molecule has 0 aromatic heterocycles. The van der Waals surface area contributed by atoms with Crippen LogP contribution in [0.1, 0.15) is 182 Å². The van der Waals surface area contributed by atoms with Crippen molar-refractivity contribution in [1.82, 2.24) is 9.80 Å². The molecule has 0 rings (SSSR count). The van der Waals surface area contributed by atoms with Gasteiger partial charge in [0.25, 0.3) is 0 Å². The Morgan fingerprint density at radius 3 is 0.829 bits per heavy atom. The van der Waals surface area contributed by atoms with Crippen molar-refractivity contribution >= 4 is 33.8 Å². The number of aliphatic hydroxyl groups excluding tert-OH is 8. The third-order valence-corrected chi connectivity index (χ3v) is 14.4. The fourth-order valence-corrected chi connectivity index (χ4v) is 9.72. The Balaban J connectivity index is 5.48. The summed E-state index contributed by atoms with van der Waals surface area (Å²) in [6.07, 6.45) is 44.8. The molecule has 0 aliphatic carbocycles. The maximum atomic E-state index is 13.1. The average Bonchev–Trinajstić information content (AvgIpc) is 3.40. The zero-order valence-corrected chi connectivity index (χ0v) is 49.2. The maximum Gasteiger partial charge on any atom is 0.220 e. The summed E-state index contributed by atoms with van der Waals surface area (Å²) in [4.78, 5) is 29.9. The fraction of sp³-hybridized carbons (Fsp3) is 0.710. The molecule has 0 aromatic rings. The Labute approximate surface area is 470 Å². The van der Waals surface area contributed by atoms with Gasteiger partial charge in [-0.15, -0.1) is 0 Å². The summed E-state index contributed by atoms with van der Waals surface area (Å²) < 4.78 is 0. The zero-order chi connectivity index (χ0) is 56.3. The van der Waals surface area contributed by atoms with E-state index in [0.29, 0.717) is 49.2 Å². The summed E-state index contributed by atoms with van der Waals surface area (Å²) >= 11 is 1.42. The van der Waals surface area contributed by atoms with Crippen LogP contribution in [0.4, 0.5) is 0 Å². The van der Waals surface area contributed by atoms with Crippen molar-refractivity contribution in [2.24, 2.45) is 0 Å². The van der Waals surface area contributed by atoms with Gasteiger partial charge in [-0.1, -0.05) is 200 Å². The number of carbonyl (C=O) groups excluding carboxylic acids is 2. The second kappa shape index (κ2) is 53.2. The first kappa shape index (κ1) is 73.6. The average molecular weight is 1110 g/mol. The molecule has 8 atom stereocenters. The van der Waals surface area contributed by atoms with Gasteiger partial charge < -0.3 is 40.9 Å². The summed E-state index contributed by atoms with van der Waals surface area (Å²) in [5.41, 5.74) is 0. The third-order valence-electron chi connectivity index (χ3n) is 12.6. The van der Waals surface area contributed by atoms with Gasteiger partial charge in [-0.05, 0) is 103 Å². The van der Waals surface area contributed by atoms with Crippen LogP contribution in [-0.2, 0) is 9.59 Å². The van der Waals surface area contributed by atoms with Crippen molar-refractivity contribution in [2.75, 3.05) is 50.8 Å². The van der Waals surface area contributed by atoms with E-state index in [4.69, 9.17) is 0 Å². The molecule has 0 radical (unpaired) electrons. The van der Waals surface area contributed by atoms with Gasteiger partial charge in [0.2, 0.25) is 10.2 Å². The van der Waals surface area contributed by atoms with Crippen molar-refractivity contribution in [3.05, 3.63) is 97.2 Å². The summed E-state index contributed by atoms with van der Waals surface area (Å²) in [5, 5.41) is 85.1. The van der Waals surface area contributed by atoms with Crippen molar-refractivity contribution in [3.8, 4) is 0 Å².